The Balaban J connectivity index is 1.45. The molecule has 34 heavy (non-hydrogen) atoms. The van der Waals surface area contributed by atoms with E-state index < -0.39 is 6.10 Å². The molecular weight excluding hydrogens is 454 g/mol. The fraction of sp³-hybridized carbons (Fsp3) is 0.167. The fourth-order valence-corrected chi connectivity index (χ4v) is 3.47. The number of carbonyl (C=O) groups is 1. The third-order valence-electron chi connectivity index (χ3n) is 4.79. The third-order valence-corrected chi connectivity index (χ3v) is 5.03. The van der Waals surface area contributed by atoms with Gasteiger partial charge in [-0.25, -0.2) is 14.8 Å². The Labute approximate surface area is 201 Å². The van der Waals surface area contributed by atoms with Gasteiger partial charge in [0.1, 0.15) is 11.6 Å². The average Bonchev–Trinajstić information content (AvgIpc) is 3.26. The summed E-state index contributed by atoms with van der Waals surface area (Å²) in [6.45, 7) is 2.04. The van der Waals surface area contributed by atoms with E-state index in [9.17, 15) is 9.90 Å². The highest BCUT2D eigenvalue weighted by Crippen LogP contribution is 2.18. The van der Waals surface area contributed by atoms with E-state index in [0.29, 0.717) is 41.1 Å². The monoisotopic (exact) mass is 477 g/mol. The summed E-state index contributed by atoms with van der Waals surface area (Å²) in [5.41, 5.74) is 2.23. The van der Waals surface area contributed by atoms with Gasteiger partial charge in [-0.1, -0.05) is 29.8 Å². The minimum absolute atomic E-state index is 0.352. The SMILES string of the molecule is CC(O)CNc1nccc(-n2ccnc2Cc2cccc(NC(=O)Nc3cccc(Cl)c3)c2)n1. The molecule has 4 rings (SSSR count). The third kappa shape index (κ3) is 6.31. The first-order valence-corrected chi connectivity index (χ1v) is 11.0. The fourth-order valence-electron chi connectivity index (χ4n) is 3.28. The summed E-state index contributed by atoms with van der Waals surface area (Å²) >= 11 is 5.97. The number of halogens is 1. The Morgan fingerprint density at radius 1 is 1.06 bits per heavy atom. The molecule has 2 aromatic heterocycles. The lowest BCUT2D eigenvalue weighted by atomic mass is 10.1. The number of amides is 2. The molecule has 0 fully saturated rings. The number of anilines is 3. The van der Waals surface area contributed by atoms with Crippen molar-refractivity contribution in [3.63, 3.8) is 0 Å². The van der Waals surface area contributed by atoms with Gasteiger partial charge in [0.15, 0.2) is 0 Å². The smallest absolute Gasteiger partial charge is 0.323 e. The van der Waals surface area contributed by atoms with Crippen LogP contribution in [-0.2, 0) is 6.42 Å². The summed E-state index contributed by atoms with van der Waals surface area (Å²) in [4.78, 5) is 25.5. The maximum Gasteiger partial charge on any atom is 0.323 e. The molecule has 2 amide bonds. The summed E-state index contributed by atoms with van der Waals surface area (Å²) in [6, 6.07) is 15.9. The van der Waals surface area contributed by atoms with E-state index in [1.54, 1.807) is 49.6 Å². The van der Waals surface area contributed by atoms with Crippen molar-refractivity contribution in [1.29, 1.82) is 0 Å². The lowest BCUT2D eigenvalue weighted by Crippen LogP contribution is -2.19. The van der Waals surface area contributed by atoms with E-state index >= 15 is 0 Å². The highest BCUT2D eigenvalue weighted by Gasteiger charge is 2.10. The van der Waals surface area contributed by atoms with Crippen LogP contribution < -0.4 is 16.0 Å². The molecule has 9 nitrogen and oxygen atoms in total. The molecule has 1 atom stereocenters. The molecule has 0 bridgehead atoms. The standard InChI is InChI=1S/C24H24ClN7O2/c1-16(33)15-28-23-27-9-8-21(31-23)32-11-10-26-22(32)13-17-4-2-6-19(12-17)29-24(34)30-20-7-3-5-18(25)14-20/h2-12,14,16,33H,13,15H2,1H3,(H,27,28,31)(H2,29,30,34). The molecule has 2 aromatic carbocycles. The molecule has 4 aromatic rings. The zero-order valence-corrected chi connectivity index (χ0v) is 19.2. The van der Waals surface area contributed by atoms with Gasteiger partial charge in [-0.3, -0.25) is 4.57 Å². The maximum absolute atomic E-state index is 12.4. The van der Waals surface area contributed by atoms with Crippen LogP contribution in [0.15, 0.2) is 73.2 Å². The molecule has 10 heteroatoms. The Morgan fingerprint density at radius 3 is 2.59 bits per heavy atom. The number of benzene rings is 2. The molecule has 1 unspecified atom stereocenters. The lowest BCUT2D eigenvalue weighted by molar-refractivity contribution is 0.208. The van der Waals surface area contributed by atoms with E-state index in [-0.39, 0.29) is 6.03 Å². The average molecular weight is 478 g/mol. The lowest BCUT2D eigenvalue weighted by Gasteiger charge is -2.11. The number of aliphatic hydroxyl groups is 1. The first-order valence-electron chi connectivity index (χ1n) is 10.7. The molecule has 2 heterocycles. The second kappa shape index (κ2) is 10.8. The topological polar surface area (TPSA) is 117 Å². The van der Waals surface area contributed by atoms with Gasteiger partial charge < -0.3 is 21.1 Å². The quantitative estimate of drug-likeness (QED) is 0.300. The summed E-state index contributed by atoms with van der Waals surface area (Å²) in [5.74, 6) is 1.86. The van der Waals surface area contributed by atoms with Crippen LogP contribution in [0.1, 0.15) is 18.3 Å². The number of hydrogen-bond acceptors (Lipinski definition) is 6. The zero-order chi connectivity index (χ0) is 23.9. The molecule has 174 valence electrons. The number of nitrogens with zero attached hydrogens (tertiary/aromatic N) is 4. The van der Waals surface area contributed by atoms with Crippen molar-refractivity contribution >= 4 is 35.0 Å². The molecule has 0 aliphatic carbocycles. The highest BCUT2D eigenvalue weighted by atomic mass is 35.5. The van der Waals surface area contributed by atoms with Crippen molar-refractivity contribution in [2.75, 3.05) is 22.5 Å². The molecular formula is C24H24ClN7O2. The van der Waals surface area contributed by atoms with Gasteiger partial charge in [-0.05, 0) is 48.9 Å². The second-order valence-electron chi connectivity index (χ2n) is 7.65. The van der Waals surface area contributed by atoms with Gasteiger partial charge in [-0.2, -0.15) is 4.98 Å². The summed E-state index contributed by atoms with van der Waals surface area (Å²) in [6.07, 6.45) is 5.21. The predicted octanol–water partition coefficient (Wildman–Crippen LogP) is 4.34. The number of hydrogen-bond donors (Lipinski definition) is 4. The van der Waals surface area contributed by atoms with Crippen LogP contribution in [0.2, 0.25) is 5.02 Å². The Hall–Kier alpha value is -3.95. The highest BCUT2D eigenvalue weighted by molar-refractivity contribution is 6.30. The van der Waals surface area contributed by atoms with E-state index in [1.807, 2.05) is 35.0 Å². The minimum atomic E-state index is -0.510. The van der Waals surface area contributed by atoms with Crippen LogP contribution in [0.5, 0.6) is 0 Å². The van der Waals surface area contributed by atoms with Gasteiger partial charge >= 0.3 is 6.03 Å². The van der Waals surface area contributed by atoms with Crippen LogP contribution in [0.3, 0.4) is 0 Å². The number of rotatable bonds is 8. The predicted molar refractivity (Wildman–Crippen MR) is 133 cm³/mol. The van der Waals surface area contributed by atoms with Gasteiger partial charge in [0.25, 0.3) is 0 Å². The number of aliphatic hydroxyl groups excluding tert-OH is 1. The zero-order valence-electron chi connectivity index (χ0n) is 18.4. The first-order chi connectivity index (χ1) is 16.5. The summed E-state index contributed by atoms with van der Waals surface area (Å²) in [7, 11) is 0. The van der Waals surface area contributed by atoms with Crippen molar-refractivity contribution < 1.29 is 9.90 Å². The van der Waals surface area contributed by atoms with Crippen molar-refractivity contribution in [3.8, 4) is 5.82 Å². The van der Waals surface area contributed by atoms with Gasteiger partial charge in [0.05, 0.1) is 6.10 Å². The summed E-state index contributed by atoms with van der Waals surface area (Å²) in [5, 5.41) is 18.6. The van der Waals surface area contributed by atoms with E-state index in [1.165, 1.54) is 0 Å². The van der Waals surface area contributed by atoms with Gasteiger partial charge in [-0.15, -0.1) is 0 Å². The number of carbonyl (C=O) groups excluding carboxylic acids is 1. The Bertz CT molecular complexity index is 1280. The Kier molecular flexibility index (Phi) is 7.36. The molecule has 4 N–H and O–H groups in total. The van der Waals surface area contributed by atoms with Crippen molar-refractivity contribution in [3.05, 3.63) is 89.6 Å². The van der Waals surface area contributed by atoms with E-state index in [0.717, 1.165) is 11.4 Å². The normalized spacial score (nSPS) is 11.6. The van der Waals surface area contributed by atoms with E-state index in [2.05, 4.69) is 30.9 Å². The van der Waals surface area contributed by atoms with Crippen molar-refractivity contribution in [2.45, 2.75) is 19.4 Å². The number of aromatic nitrogens is 4. The van der Waals surface area contributed by atoms with Gasteiger partial charge in [0, 0.05) is 48.0 Å². The van der Waals surface area contributed by atoms with Crippen LogP contribution in [0, 0.1) is 0 Å². The van der Waals surface area contributed by atoms with Crippen LogP contribution in [-0.4, -0.2) is 43.3 Å². The van der Waals surface area contributed by atoms with Crippen molar-refractivity contribution in [1.82, 2.24) is 19.5 Å². The van der Waals surface area contributed by atoms with Crippen LogP contribution in [0.25, 0.3) is 5.82 Å². The van der Waals surface area contributed by atoms with Crippen LogP contribution >= 0.6 is 11.6 Å². The Morgan fingerprint density at radius 2 is 1.82 bits per heavy atom. The number of imidazole rings is 1. The number of nitrogens with one attached hydrogen (secondary N) is 3. The maximum atomic E-state index is 12.4. The molecule has 0 spiro atoms. The largest absolute Gasteiger partial charge is 0.392 e. The molecule has 0 radical (unpaired) electrons. The van der Waals surface area contributed by atoms with Crippen LogP contribution in [0.4, 0.5) is 22.1 Å². The molecule has 0 saturated carbocycles. The minimum Gasteiger partial charge on any atom is -0.392 e. The molecule has 0 aliphatic rings. The van der Waals surface area contributed by atoms with E-state index in [4.69, 9.17) is 11.6 Å². The first kappa shape index (κ1) is 23.2. The molecule has 0 saturated heterocycles. The van der Waals surface area contributed by atoms with Crippen molar-refractivity contribution in [2.24, 2.45) is 0 Å². The van der Waals surface area contributed by atoms with Gasteiger partial charge in [0.2, 0.25) is 5.95 Å². The second-order valence-corrected chi connectivity index (χ2v) is 8.08. The summed E-state index contributed by atoms with van der Waals surface area (Å²) < 4.78 is 1.88. The number of urea groups is 1. The molecule has 0 aliphatic heterocycles.